The number of rotatable bonds is 7. The van der Waals surface area contributed by atoms with E-state index in [1.165, 1.54) is 0 Å². The Labute approximate surface area is 192 Å². The molecule has 166 valence electrons. The molecular formula is C24H30BrN3O3. The Morgan fingerprint density at radius 2 is 1.84 bits per heavy atom. The first-order valence-electron chi connectivity index (χ1n) is 10.6. The number of carbonyl (C=O) groups excluding carboxylic acids is 2. The fourth-order valence-corrected chi connectivity index (χ4v) is 4.30. The summed E-state index contributed by atoms with van der Waals surface area (Å²) in [5.74, 6) is 0.929. The van der Waals surface area contributed by atoms with Crippen LogP contribution in [0.1, 0.15) is 23.1 Å². The standard InChI is InChI=1S/C24H30BrN3O3/c1-17-5-4-6-21(18(17)2)26-23(29)16-27-11-13-28(14-12-27)24(30)10-8-19-7-9-22(31-3)20(25)15-19/h4-7,9,15H,8,10-14,16H2,1-3H3,(H,26,29). The van der Waals surface area contributed by atoms with E-state index in [1.807, 2.05) is 55.1 Å². The van der Waals surface area contributed by atoms with E-state index in [-0.39, 0.29) is 11.8 Å². The van der Waals surface area contributed by atoms with Crippen LogP contribution in [0.25, 0.3) is 0 Å². The van der Waals surface area contributed by atoms with Crippen molar-refractivity contribution in [2.24, 2.45) is 0 Å². The molecule has 0 unspecified atom stereocenters. The second-order valence-electron chi connectivity index (χ2n) is 7.92. The zero-order valence-electron chi connectivity index (χ0n) is 18.4. The molecule has 3 rings (SSSR count). The maximum Gasteiger partial charge on any atom is 0.238 e. The SMILES string of the molecule is COc1ccc(CCC(=O)N2CCN(CC(=O)Nc3cccc(C)c3C)CC2)cc1Br. The lowest BCUT2D eigenvalue weighted by Gasteiger charge is -2.34. The molecule has 2 amide bonds. The van der Waals surface area contributed by atoms with Crippen molar-refractivity contribution in [3.63, 3.8) is 0 Å². The smallest absolute Gasteiger partial charge is 0.238 e. The molecule has 7 heteroatoms. The predicted octanol–water partition coefficient (Wildman–Crippen LogP) is 3.79. The van der Waals surface area contributed by atoms with Crippen molar-refractivity contribution in [2.45, 2.75) is 26.7 Å². The Morgan fingerprint density at radius 1 is 1.10 bits per heavy atom. The monoisotopic (exact) mass is 487 g/mol. The highest BCUT2D eigenvalue weighted by atomic mass is 79.9. The van der Waals surface area contributed by atoms with E-state index in [4.69, 9.17) is 4.74 Å². The molecule has 2 aromatic rings. The van der Waals surface area contributed by atoms with Crippen molar-refractivity contribution in [3.8, 4) is 5.75 Å². The van der Waals surface area contributed by atoms with E-state index in [1.54, 1.807) is 7.11 Å². The fraction of sp³-hybridized carbons (Fsp3) is 0.417. The lowest BCUT2D eigenvalue weighted by molar-refractivity contribution is -0.133. The fourth-order valence-electron chi connectivity index (χ4n) is 3.71. The van der Waals surface area contributed by atoms with Crippen LogP contribution in [0, 0.1) is 13.8 Å². The third-order valence-corrected chi connectivity index (χ3v) is 6.43. The molecule has 0 bridgehead atoms. The third-order valence-electron chi connectivity index (χ3n) is 5.81. The second kappa shape index (κ2) is 10.8. The number of nitrogens with one attached hydrogen (secondary N) is 1. The molecule has 0 aliphatic carbocycles. The number of nitrogens with zero attached hydrogens (tertiary/aromatic N) is 2. The van der Waals surface area contributed by atoms with Crippen LogP contribution in [0.4, 0.5) is 5.69 Å². The molecule has 1 N–H and O–H groups in total. The number of methoxy groups -OCH3 is 1. The molecule has 1 aliphatic rings. The molecule has 0 radical (unpaired) electrons. The van der Waals surface area contributed by atoms with Crippen LogP contribution in [0.5, 0.6) is 5.75 Å². The minimum Gasteiger partial charge on any atom is -0.496 e. The Bertz CT molecular complexity index is 940. The molecule has 31 heavy (non-hydrogen) atoms. The van der Waals surface area contributed by atoms with Crippen LogP contribution < -0.4 is 10.1 Å². The molecular weight excluding hydrogens is 458 g/mol. The highest BCUT2D eigenvalue weighted by molar-refractivity contribution is 9.10. The van der Waals surface area contributed by atoms with Gasteiger partial charge in [0.25, 0.3) is 0 Å². The van der Waals surface area contributed by atoms with Gasteiger partial charge in [-0.25, -0.2) is 0 Å². The van der Waals surface area contributed by atoms with Gasteiger partial charge >= 0.3 is 0 Å². The van der Waals surface area contributed by atoms with Crippen molar-refractivity contribution in [1.82, 2.24) is 9.80 Å². The number of ether oxygens (including phenoxy) is 1. The summed E-state index contributed by atoms with van der Waals surface area (Å²) in [6.07, 6.45) is 1.17. The lowest BCUT2D eigenvalue weighted by atomic mass is 10.1. The largest absolute Gasteiger partial charge is 0.496 e. The molecule has 1 heterocycles. The van der Waals surface area contributed by atoms with Crippen LogP contribution in [-0.4, -0.2) is 61.4 Å². The maximum atomic E-state index is 12.6. The number of aryl methyl sites for hydroxylation is 2. The molecule has 0 aromatic heterocycles. The summed E-state index contributed by atoms with van der Waals surface area (Å²) in [7, 11) is 1.64. The zero-order chi connectivity index (χ0) is 22.4. The van der Waals surface area contributed by atoms with Crippen LogP contribution in [0.3, 0.4) is 0 Å². The normalized spacial score (nSPS) is 14.4. The summed E-state index contributed by atoms with van der Waals surface area (Å²) in [5, 5.41) is 3.01. The minimum absolute atomic E-state index is 0.0152. The summed E-state index contributed by atoms with van der Waals surface area (Å²) in [6, 6.07) is 11.8. The van der Waals surface area contributed by atoms with Gasteiger partial charge in [0.15, 0.2) is 0 Å². The van der Waals surface area contributed by atoms with Crippen LogP contribution >= 0.6 is 15.9 Å². The van der Waals surface area contributed by atoms with E-state index in [9.17, 15) is 9.59 Å². The van der Waals surface area contributed by atoms with Crippen molar-refractivity contribution in [1.29, 1.82) is 0 Å². The van der Waals surface area contributed by atoms with Crippen molar-refractivity contribution in [2.75, 3.05) is 45.2 Å². The molecule has 2 aromatic carbocycles. The summed E-state index contributed by atoms with van der Waals surface area (Å²) in [4.78, 5) is 29.1. The molecule has 0 spiro atoms. The van der Waals surface area contributed by atoms with Crippen molar-refractivity contribution >= 4 is 33.4 Å². The van der Waals surface area contributed by atoms with Gasteiger partial charge in [-0.15, -0.1) is 0 Å². The number of anilines is 1. The summed E-state index contributed by atoms with van der Waals surface area (Å²) >= 11 is 3.49. The number of hydrogen-bond donors (Lipinski definition) is 1. The number of hydrogen-bond acceptors (Lipinski definition) is 4. The zero-order valence-corrected chi connectivity index (χ0v) is 20.0. The van der Waals surface area contributed by atoms with Crippen LogP contribution in [-0.2, 0) is 16.0 Å². The molecule has 0 saturated carbocycles. The molecule has 6 nitrogen and oxygen atoms in total. The van der Waals surface area contributed by atoms with E-state index >= 15 is 0 Å². The highest BCUT2D eigenvalue weighted by Gasteiger charge is 2.22. The predicted molar refractivity (Wildman–Crippen MR) is 127 cm³/mol. The Balaban J connectivity index is 1.42. The molecule has 1 aliphatic heterocycles. The van der Waals surface area contributed by atoms with Gasteiger partial charge in [0, 0.05) is 38.3 Å². The maximum absolute atomic E-state index is 12.6. The van der Waals surface area contributed by atoms with Gasteiger partial charge in [-0.3, -0.25) is 14.5 Å². The van der Waals surface area contributed by atoms with Gasteiger partial charge in [-0.2, -0.15) is 0 Å². The van der Waals surface area contributed by atoms with Gasteiger partial charge in [0.1, 0.15) is 5.75 Å². The van der Waals surface area contributed by atoms with E-state index in [0.717, 1.165) is 32.6 Å². The molecule has 1 fully saturated rings. The highest BCUT2D eigenvalue weighted by Crippen LogP contribution is 2.26. The number of carbonyl (C=O) groups is 2. The van der Waals surface area contributed by atoms with Gasteiger partial charge in [0.05, 0.1) is 18.1 Å². The average Bonchev–Trinajstić information content (AvgIpc) is 2.76. The summed E-state index contributed by atoms with van der Waals surface area (Å²) in [6.45, 7) is 7.12. The Kier molecular flexibility index (Phi) is 8.09. The number of halogens is 1. The van der Waals surface area contributed by atoms with Gasteiger partial charge in [-0.1, -0.05) is 18.2 Å². The lowest BCUT2D eigenvalue weighted by Crippen LogP contribution is -2.50. The summed E-state index contributed by atoms with van der Waals surface area (Å²) in [5.41, 5.74) is 4.22. The first-order chi connectivity index (χ1) is 14.9. The minimum atomic E-state index is -0.0152. The quantitative estimate of drug-likeness (QED) is 0.645. The van der Waals surface area contributed by atoms with Crippen LogP contribution in [0.2, 0.25) is 0 Å². The number of benzene rings is 2. The van der Waals surface area contributed by atoms with E-state index < -0.39 is 0 Å². The van der Waals surface area contributed by atoms with Crippen molar-refractivity contribution in [3.05, 3.63) is 57.6 Å². The topological polar surface area (TPSA) is 61.9 Å². The molecule has 0 atom stereocenters. The Morgan fingerprint density at radius 3 is 2.52 bits per heavy atom. The van der Waals surface area contributed by atoms with Gasteiger partial charge in [0.2, 0.25) is 11.8 Å². The van der Waals surface area contributed by atoms with Crippen molar-refractivity contribution < 1.29 is 14.3 Å². The second-order valence-corrected chi connectivity index (χ2v) is 8.78. The number of amides is 2. The van der Waals surface area contributed by atoms with Crippen LogP contribution in [0.15, 0.2) is 40.9 Å². The first kappa shape index (κ1) is 23.3. The van der Waals surface area contributed by atoms with Gasteiger partial charge < -0.3 is 15.0 Å². The molecule has 1 saturated heterocycles. The Hall–Kier alpha value is -2.38. The van der Waals surface area contributed by atoms with Gasteiger partial charge in [-0.05, 0) is 71.1 Å². The average molecular weight is 488 g/mol. The van der Waals surface area contributed by atoms with E-state index in [0.29, 0.717) is 45.6 Å². The third kappa shape index (κ3) is 6.31. The summed E-state index contributed by atoms with van der Waals surface area (Å²) < 4.78 is 6.14. The number of piperazine rings is 1. The first-order valence-corrected chi connectivity index (χ1v) is 11.4. The van der Waals surface area contributed by atoms with E-state index in [2.05, 4.69) is 26.1 Å².